The molecule has 0 radical (unpaired) electrons. The molecule has 1 aliphatic carbocycles. The van der Waals surface area contributed by atoms with Crippen LogP contribution in [-0.4, -0.2) is 11.7 Å². The summed E-state index contributed by atoms with van der Waals surface area (Å²) in [5, 5.41) is 2.97. The number of primary amides is 1. The molecule has 1 aliphatic rings. The molecule has 0 aliphatic heterocycles. The average Bonchev–Trinajstić information content (AvgIpc) is 3.40. The van der Waals surface area contributed by atoms with Crippen LogP contribution in [0.4, 0.5) is 5.69 Å². The number of carbonyl (C=O) groups is 2. The second kappa shape index (κ2) is 6.05. The van der Waals surface area contributed by atoms with Crippen LogP contribution in [0.2, 0.25) is 0 Å². The van der Waals surface area contributed by atoms with Gasteiger partial charge in [0.05, 0.1) is 0 Å². The molecule has 1 saturated carbocycles. The first-order valence-corrected chi connectivity index (χ1v) is 7.86. The highest BCUT2D eigenvalue weighted by Crippen LogP contribution is 2.37. The summed E-state index contributed by atoms with van der Waals surface area (Å²) in [6.45, 7) is 0. The van der Waals surface area contributed by atoms with Gasteiger partial charge in [-0.3, -0.25) is 9.59 Å². The zero-order valence-electron chi connectivity index (χ0n) is 12.5. The van der Waals surface area contributed by atoms with Gasteiger partial charge in [0.15, 0.2) is 5.78 Å². The zero-order valence-corrected chi connectivity index (χ0v) is 13.2. The second-order valence-corrected chi connectivity index (χ2v) is 6.26. The van der Waals surface area contributed by atoms with Gasteiger partial charge in [-0.25, -0.2) is 0 Å². The van der Waals surface area contributed by atoms with E-state index in [2.05, 4.69) is 5.32 Å². The van der Waals surface area contributed by atoms with Gasteiger partial charge in [-0.05, 0) is 25.0 Å². The van der Waals surface area contributed by atoms with Crippen molar-refractivity contribution in [2.24, 2.45) is 11.7 Å². The third kappa shape index (κ3) is 3.08. The standard InChI is InChI=1S/C18H17ClN2O2/c19-18(17(20)23,13-6-2-1-3-7-13)21-15-9-5-4-8-14(15)16(22)12-10-11-12/h1-9,12,21H,10-11H2,(H2,20,23). The highest BCUT2D eigenvalue weighted by molar-refractivity contribution is 6.36. The van der Waals surface area contributed by atoms with Crippen molar-refractivity contribution in [3.8, 4) is 0 Å². The molecule has 0 saturated heterocycles. The molecule has 1 fully saturated rings. The molecular weight excluding hydrogens is 312 g/mol. The Morgan fingerprint density at radius 1 is 1.04 bits per heavy atom. The summed E-state index contributed by atoms with van der Waals surface area (Å²) in [4.78, 5) is 22.8. The number of Topliss-reactive ketones (excluding diaryl/α,β-unsaturated/α-hetero) is 1. The number of carbonyl (C=O) groups excluding carboxylic acids is 2. The third-order valence-corrected chi connectivity index (χ3v) is 4.46. The Labute approximate surface area is 139 Å². The molecule has 4 nitrogen and oxygen atoms in total. The van der Waals surface area contributed by atoms with Gasteiger partial charge in [0.25, 0.3) is 5.91 Å². The van der Waals surface area contributed by atoms with E-state index in [0.717, 1.165) is 12.8 Å². The predicted octanol–water partition coefficient (Wildman–Crippen LogP) is 3.27. The summed E-state index contributed by atoms with van der Waals surface area (Å²) in [5.74, 6) is -0.573. The predicted molar refractivity (Wildman–Crippen MR) is 90.3 cm³/mol. The molecule has 23 heavy (non-hydrogen) atoms. The molecule has 0 spiro atoms. The van der Waals surface area contributed by atoms with E-state index < -0.39 is 10.9 Å². The van der Waals surface area contributed by atoms with Gasteiger partial charge in [0.2, 0.25) is 5.00 Å². The van der Waals surface area contributed by atoms with Crippen LogP contribution in [-0.2, 0) is 9.79 Å². The number of amides is 1. The number of nitrogens with two attached hydrogens (primary N) is 1. The van der Waals surface area contributed by atoms with E-state index in [1.165, 1.54) is 0 Å². The molecular formula is C18H17ClN2O2. The molecule has 5 heteroatoms. The first-order valence-electron chi connectivity index (χ1n) is 7.48. The van der Waals surface area contributed by atoms with Gasteiger partial charge in [-0.15, -0.1) is 0 Å². The van der Waals surface area contributed by atoms with Crippen LogP contribution in [0, 0.1) is 5.92 Å². The van der Waals surface area contributed by atoms with Crippen LogP contribution in [0.3, 0.4) is 0 Å². The average molecular weight is 329 g/mol. The third-order valence-electron chi connectivity index (χ3n) is 3.96. The summed E-state index contributed by atoms with van der Waals surface area (Å²) in [6, 6.07) is 15.9. The number of alkyl halides is 1. The van der Waals surface area contributed by atoms with E-state index in [4.69, 9.17) is 17.3 Å². The fourth-order valence-electron chi connectivity index (χ4n) is 2.50. The number of hydrogen-bond acceptors (Lipinski definition) is 3. The Balaban J connectivity index is 1.99. The van der Waals surface area contributed by atoms with Crippen LogP contribution < -0.4 is 11.1 Å². The number of benzene rings is 2. The monoisotopic (exact) mass is 328 g/mol. The molecule has 1 atom stereocenters. The van der Waals surface area contributed by atoms with E-state index in [0.29, 0.717) is 16.8 Å². The van der Waals surface area contributed by atoms with E-state index >= 15 is 0 Å². The van der Waals surface area contributed by atoms with Crippen molar-refractivity contribution in [1.29, 1.82) is 0 Å². The number of ketones is 1. The maximum Gasteiger partial charge on any atom is 0.263 e. The zero-order chi connectivity index (χ0) is 16.4. The summed E-state index contributed by atoms with van der Waals surface area (Å²) >= 11 is 6.51. The SMILES string of the molecule is NC(=O)C(Cl)(Nc1ccccc1C(=O)C1CC1)c1ccccc1. The lowest BCUT2D eigenvalue weighted by molar-refractivity contribution is -0.120. The lowest BCUT2D eigenvalue weighted by atomic mass is 10.0. The van der Waals surface area contributed by atoms with Crippen molar-refractivity contribution < 1.29 is 9.59 Å². The minimum absolute atomic E-state index is 0.0737. The van der Waals surface area contributed by atoms with Crippen LogP contribution in [0.1, 0.15) is 28.8 Å². The van der Waals surface area contributed by atoms with Crippen molar-refractivity contribution in [2.75, 3.05) is 5.32 Å². The van der Waals surface area contributed by atoms with Crippen LogP contribution >= 0.6 is 11.6 Å². The van der Waals surface area contributed by atoms with E-state index in [1.54, 1.807) is 48.5 Å². The van der Waals surface area contributed by atoms with Gasteiger partial charge < -0.3 is 11.1 Å². The summed E-state index contributed by atoms with van der Waals surface area (Å²) < 4.78 is 0. The molecule has 1 unspecified atom stereocenters. The number of nitrogens with one attached hydrogen (secondary N) is 1. The summed E-state index contributed by atoms with van der Waals surface area (Å²) in [6.07, 6.45) is 1.82. The van der Waals surface area contributed by atoms with Gasteiger partial charge in [-0.1, -0.05) is 54.1 Å². The fourth-order valence-corrected chi connectivity index (χ4v) is 2.73. The first kappa shape index (κ1) is 15.6. The van der Waals surface area contributed by atoms with Crippen molar-refractivity contribution in [2.45, 2.75) is 17.8 Å². The number of rotatable bonds is 6. The van der Waals surface area contributed by atoms with Gasteiger partial charge in [0, 0.05) is 22.7 Å². The Hall–Kier alpha value is -2.33. The Morgan fingerprint density at radius 2 is 1.65 bits per heavy atom. The normalized spacial score (nSPS) is 16.4. The molecule has 1 amide bonds. The molecule has 3 rings (SSSR count). The highest BCUT2D eigenvalue weighted by Gasteiger charge is 2.38. The van der Waals surface area contributed by atoms with Crippen LogP contribution in [0.25, 0.3) is 0 Å². The smallest absolute Gasteiger partial charge is 0.263 e. The number of halogens is 1. The van der Waals surface area contributed by atoms with E-state index in [1.807, 2.05) is 6.07 Å². The second-order valence-electron chi connectivity index (χ2n) is 5.70. The maximum absolute atomic E-state index is 12.4. The lowest BCUT2D eigenvalue weighted by Crippen LogP contribution is -2.43. The van der Waals surface area contributed by atoms with Crippen molar-refractivity contribution in [3.63, 3.8) is 0 Å². The molecule has 118 valence electrons. The molecule has 2 aromatic rings. The van der Waals surface area contributed by atoms with Gasteiger partial charge in [0.1, 0.15) is 0 Å². The highest BCUT2D eigenvalue weighted by atomic mass is 35.5. The summed E-state index contributed by atoms with van der Waals surface area (Å²) in [5.41, 5.74) is 7.12. The van der Waals surface area contributed by atoms with Gasteiger partial charge >= 0.3 is 0 Å². The lowest BCUT2D eigenvalue weighted by Gasteiger charge is -2.27. The minimum Gasteiger partial charge on any atom is -0.366 e. The van der Waals surface area contributed by atoms with Crippen molar-refractivity contribution in [3.05, 3.63) is 65.7 Å². The minimum atomic E-state index is -1.61. The Morgan fingerprint density at radius 3 is 2.26 bits per heavy atom. The molecule has 0 heterocycles. The first-order chi connectivity index (χ1) is 11.0. The van der Waals surface area contributed by atoms with E-state index in [9.17, 15) is 9.59 Å². The fraction of sp³-hybridized carbons (Fsp3) is 0.222. The molecule has 2 aromatic carbocycles. The topological polar surface area (TPSA) is 72.2 Å². The number of anilines is 1. The molecule has 0 aromatic heterocycles. The Bertz CT molecular complexity index is 744. The van der Waals surface area contributed by atoms with Crippen LogP contribution in [0.15, 0.2) is 54.6 Å². The number of hydrogen-bond donors (Lipinski definition) is 2. The van der Waals surface area contributed by atoms with Crippen molar-refractivity contribution >= 4 is 29.0 Å². The quantitative estimate of drug-likeness (QED) is 0.485. The van der Waals surface area contributed by atoms with Crippen molar-refractivity contribution in [1.82, 2.24) is 0 Å². The number of para-hydroxylation sites is 1. The maximum atomic E-state index is 12.4. The Kier molecular flexibility index (Phi) is 4.09. The molecule has 0 bridgehead atoms. The van der Waals surface area contributed by atoms with Crippen LogP contribution in [0.5, 0.6) is 0 Å². The van der Waals surface area contributed by atoms with Gasteiger partial charge in [-0.2, -0.15) is 0 Å². The van der Waals surface area contributed by atoms with E-state index in [-0.39, 0.29) is 11.7 Å². The molecule has 3 N–H and O–H groups in total. The largest absolute Gasteiger partial charge is 0.366 e. The summed E-state index contributed by atoms with van der Waals surface area (Å²) in [7, 11) is 0.